The van der Waals surface area contributed by atoms with Crippen LogP contribution >= 0.6 is 0 Å². The average molecular weight is 268 g/mol. The lowest BCUT2D eigenvalue weighted by Crippen LogP contribution is -2.35. The molecule has 1 heterocycles. The van der Waals surface area contributed by atoms with Crippen molar-refractivity contribution >= 4 is 11.9 Å². The minimum absolute atomic E-state index is 0.188. The average Bonchev–Trinajstić information content (AvgIpc) is 2.81. The number of rotatable bonds is 8. The van der Waals surface area contributed by atoms with Gasteiger partial charge in [0.2, 0.25) is 0 Å². The molecule has 19 heavy (non-hydrogen) atoms. The van der Waals surface area contributed by atoms with Crippen molar-refractivity contribution < 1.29 is 19.1 Å². The predicted molar refractivity (Wildman–Crippen MR) is 70.2 cm³/mol. The molecule has 6 nitrogen and oxygen atoms in total. The number of hydrogen-bond acceptors (Lipinski definition) is 4. The quantitative estimate of drug-likeness (QED) is 0.734. The van der Waals surface area contributed by atoms with Crippen molar-refractivity contribution in [1.29, 1.82) is 0 Å². The lowest BCUT2D eigenvalue weighted by molar-refractivity contribution is -0.136. The number of carbonyl (C=O) groups is 2. The van der Waals surface area contributed by atoms with E-state index in [0.29, 0.717) is 12.1 Å². The van der Waals surface area contributed by atoms with Crippen molar-refractivity contribution in [2.75, 3.05) is 26.2 Å². The van der Waals surface area contributed by atoms with Crippen LogP contribution in [0.4, 0.5) is 0 Å². The Labute approximate surface area is 112 Å². The molecule has 0 aromatic carbocycles. The van der Waals surface area contributed by atoms with Crippen molar-refractivity contribution in [3.8, 4) is 0 Å². The molecule has 0 radical (unpaired) electrons. The molecule has 0 saturated heterocycles. The summed E-state index contributed by atoms with van der Waals surface area (Å²) in [6.45, 7) is 7.28. The second-order valence-electron chi connectivity index (χ2n) is 4.11. The number of amides is 1. The van der Waals surface area contributed by atoms with Crippen LogP contribution in [0.5, 0.6) is 0 Å². The molecule has 0 aliphatic carbocycles. The molecular weight excluding hydrogens is 248 g/mol. The van der Waals surface area contributed by atoms with E-state index in [0.717, 1.165) is 19.6 Å². The van der Waals surface area contributed by atoms with Crippen LogP contribution < -0.4 is 5.32 Å². The van der Waals surface area contributed by atoms with Crippen LogP contribution in [0.2, 0.25) is 0 Å². The third-order valence-electron chi connectivity index (χ3n) is 2.91. The minimum Gasteiger partial charge on any atom is -0.481 e. The molecular formula is C13H20N2O4. The number of likely N-dealkylation sites (N-methyl/N-ethyl adjacent to an activating group) is 1. The Balaban J connectivity index is 2.49. The van der Waals surface area contributed by atoms with Crippen molar-refractivity contribution in [1.82, 2.24) is 10.2 Å². The van der Waals surface area contributed by atoms with Gasteiger partial charge in [0.15, 0.2) is 0 Å². The largest absolute Gasteiger partial charge is 0.481 e. The van der Waals surface area contributed by atoms with Crippen molar-refractivity contribution in [2.45, 2.75) is 20.3 Å². The molecule has 2 N–H and O–H groups in total. The van der Waals surface area contributed by atoms with Crippen LogP contribution in [-0.4, -0.2) is 48.1 Å². The van der Waals surface area contributed by atoms with Gasteiger partial charge in [0.1, 0.15) is 12.2 Å². The van der Waals surface area contributed by atoms with Crippen LogP contribution in [0, 0.1) is 0 Å². The van der Waals surface area contributed by atoms with Crippen LogP contribution in [0.3, 0.4) is 0 Å². The van der Waals surface area contributed by atoms with Gasteiger partial charge in [0.25, 0.3) is 5.91 Å². The number of carboxylic acid groups (broad SMARTS) is 1. The Morgan fingerprint density at radius 2 is 2.05 bits per heavy atom. The van der Waals surface area contributed by atoms with E-state index >= 15 is 0 Å². The highest BCUT2D eigenvalue weighted by Crippen LogP contribution is 2.11. The predicted octanol–water partition coefficient (Wildman–Crippen LogP) is 0.978. The van der Waals surface area contributed by atoms with Gasteiger partial charge in [-0.15, -0.1) is 0 Å². The van der Waals surface area contributed by atoms with E-state index in [1.807, 2.05) is 0 Å². The summed E-state index contributed by atoms with van der Waals surface area (Å²) in [7, 11) is 0. The first kappa shape index (κ1) is 15.2. The molecule has 0 aliphatic heterocycles. The Morgan fingerprint density at radius 1 is 1.37 bits per heavy atom. The summed E-state index contributed by atoms with van der Waals surface area (Å²) in [5.74, 6) is -1.13. The number of carboxylic acids is 1. The van der Waals surface area contributed by atoms with Crippen molar-refractivity contribution in [3.63, 3.8) is 0 Å². The molecule has 0 fully saturated rings. The maximum atomic E-state index is 11.9. The number of nitrogens with one attached hydrogen (secondary N) is 1. The van der Waals surface area contributed by atoms with Gasteiger partial charge < -0.3 is 19.7 Å². The zero-order valence-corrected chi connectivity index (χ0v) is 11.3. The maximum Gasteiger partial charge on any atom is 0.311 e. The number of aliphatic carboxylic acids is 1. The van der Waals surface area contributed by atoms with Crippen LogP contribution in [0.25, 0.3) is 0 Å². The summed E-state index contributed by atoms with van der Waals surface area (Å²) in [4.78, 5) is 24.7. The smallest absolute Gasteiger partial charge is 0.311 e. The number of carbonyl (C=O) groups excluding carboxylic acids is 1. The normalized spacial score (nSPS) is 10.7. The molecule has 0 aliphatic rings. The van der Waals surface area contributed by atoms with E-state index in [-0.39, 0.29) is 18.1 Å². The Morgan fingerprint density at radius 3 is 2.63 bits per heavy atom. The van der Waals surface area contributed by atoms with E-state index in [9.17, 15) is 9.59 Å². The summed E-state index contributed by atoms with van der Waals surface area (Å²) < 4.78 is 5.01. The molecule has 106 valence electrons. The Bertz CT molecular complexity index is 424. The Kier molecular flexibility index (Phi) is 6.08. The highest BCUT2D eigenvalue weighted by molar-refractivity contribution is 5.95. The molecule has 0 atom stereocenters. The fraction of sp³-hybridized carbons (Fsp3) is 0.538. The minimum atomic E-state index is -1.02. The highest BCUT2D eigenvalue weighted by atomic mass is 16.4. The summed E-state index contributed by atoms with van der Waals surface area (Å²) in [5, 5.41) is 11.5. The van der Waals surface area contributed by atoms with Crippen molar-refractivity contribution in [2.24, 2.45) is 0 Å². The molecule has 1 aromatic heterocycles. The topological polar surface area (TPSA) is 82.8 Å². The van der Waals surface area contributed by atoms with E-state index in [2.05, 4.69) is 24.1 Å². The fourth-order valence-corrected chi connectivity index (χ4v) is 1.78. The fourth-order valence-electron chi connectivity index (χ4n) is 1.78. The lowest BCUT2D eigenvalue weighted by Gasteiger charge is -2.17. The van der Waals surface area contributed by atoms with Crippen molar-refractivity contribution in [3.05, 3.63) is 23.7 Å². The highest BCUT2D eigenvalue weighted by Gasteiger charge is 2.16. The van der Waals surface area contributed by atoms with Crippen LogP contribution in [0.1, 0.15) is 30.0 Å². The van der Waals surface area contributed by atoms with Crippen LogP contribution in [0.15, 0.2) is 16.7 Å². The van der Waals surface area contributed by atoms with Gasteiger partial charge in [-0.25, -0.2) is 0 Å². The SMILES string of the molecule is CCN(CC)CCNC(=O)c1ccoc1CC(=O)O. The molecule has 1 amide bonds. The lowest BCUT2D eigenvalue weighted by atomic mass is 10.2. The first-order valence-corrected chi connectivity index (χ1v) is 6.37. The first-order valence-electron chi connectivity index (χ1n) is 6.37. The molecule has 0 spiro atoms. The second-order valence-corrected chi connectivity index (χ2v) is 4.11. The zero-order valence-electron chi connectivity index (χ0n) is 11.3. The summed E-state index contributed by atoms with van der Waals surface area (Å²) in [5.41, 5.74) is 0.293. The summed E-state index contributed by atoms with van der Waals surface area (Å²) in [6, 6.07) is 1.49. The molecule has 0 unspecified atom stereocenters. The van der Waals surface area contributed by atoms with Gasteiger partial charge in [-0.05, 0) is 19.2 Å². The summed E-state index contributed by atoms with van der Waals surface area (Å²) >= 11 is 0. The molecule has 6 heteroatoms. The van der Waals surface area contributed by atoms with Gasteiger partial charge in [-0.1, -0.05) is 13.8 Å². The molecule has 1 aromatic rings. The number of furan rings is 1. The van der Waals surface area contributed by atoms with Gasteiger partial charge in [-0.3, -0.25) is 9.59 Å². The third-order valence-corrected chi connectivity index (χ3v) is 2.91. The van der Waals surface area contributed by atoms with E-state index in [4.69, 9.17) is 9.52 Å². The zero-order chi connectivity index (χ0) is 14.3. The Hall–Kier alpha value is -1.82. The van der Waals surface area contributed by atoms with Crippen LogP contribution in [-0.2, 0) is 11.2 Å². The maximum absolute atomic E-state index is 11.9. The molecule has 0 bridgehead atoms. The van der Waals surface area contributed by atoms with Gasteiger partial charge in [0.05, 0.1) is 11.8 Å². The van der Waals surface area contributed by atoms with Gasteiger partial charge >= 0.3 is 5.97 Å². The van der Waals surface area contributed by atoms with Gasteiger partial charge in [-0.2, -0.15) is 0 Å². The number of nitrogens with zero attached hydrogens (tertiary/aromatic N) is 1. The second kappa shape index (κ2) is 7.58. The summed E-state index contributed by atoms with van der Waals surface area (Å²) in [6.07, 6.45) is 1.05. The standard InChI is InChI=1S/C13H20N2O4/c1-3-15(4-2)7-6-14-13(18)10-5-8-19-11(10)9-12(16)17/h5,8H,3-4,6-7,9H2,1-2H3,(H,14,18)(H,16,17). The van der Waals surface area contributed by atoms with Gasteiger partial charge in [0, 0.05) is 13.1 Å². The van der Waals surface area contributed by atoms with E-state index in [1.165, 1.54) is 12.3 Å². The molecule has 0 saturated carbocycles. The van der Waals surface area contributed by atoms with E-state index in [1.54, 1.807) is 0 Å². The number of hydrogen-bond donors (Lipinski definition) is 2. The first-order chi connectivity index (χ1) is 9.08. The van der Waals surface area contributed by atoms with E-state index < -0.39 is 5.97 Å². The third kappa shape index (κ3) is 4.75. The molecule has 1 rings (SSSR count). The monoisotopic (exact) mass is 268 g/mol.